The number of hydrogen-bond acceptors (Lipinski definition) is 0. The second-order valence-electron chi connectivity index (χ2n) is 4.83. The van der Waals surface area contributed by atoms with E-state index in [-0.39, 0.29) is 5.02 Å². The summed E-state index contributed by atoms with van der Waals surface area (Å²) in [5, 5.41) is -0.429. The molecule has 2 aromatic carbocycles. The number of rotatable bonds is 3. The largest absolute Gasteiger partial charge is 0.205 e. The third-order valence-electron chi connectivity index (χ3n) is 3.15. The third-order valence-corrected chi connectivity index (χ3v) is 3.93. The predicted molar refractivity (Wildman–Crippen MR) is 79.6 cm³/mol. The van der Waals surface area contributed by atoms with E-state index in [2.05, 4.69) is 13.8 Å². The van der Waals surface area contributed by atoms with E-state index in [1.807, 2.05) is 24.3 Å². The Hall–Kier alpha value is -1.05. The lowest BCUT2D eigenvalue weighted by Gasteiger charge is -2.13. The molecule has 0 amide bonds. The second-order valence-corrected chi connectivity index (χ2v) is 5.67. The van der Waals surface area contributed by atoms with Gasteiger partial charge in [-0.2, -0.15) is 0 Å². The van der Waals surface area contributed by atoms with Gasteiger partial charge in [-0.3, -0.25) is 0 Å². The average Bonchev–Trinajstić information content (AvgIpc) is 2.41. The Morgan fingerprint density at radius 2 is 1.53 bits per heavy atom. The lowest BCUT2D eigenvalue weighted by Crippen LogP contribution is -1.98. The van der Waals surface area contributed by atoms with Gasteiger partial charge >= 0.3 is 0 Å². The van der Waals surface area contributed by atoms with Gasteiger partial charge in [0, 0.05) is 5.56 Å². The van der Waals surface area contributed by atoms with Crippen LogP contribution < -0.4 is 0 Å². The van der Waals surface area contributed by atoms with Crippen molar-refractivity contribution < 1.29 is 4.39 Å². The topological polar surface area (TPSA) is 0 Å². The summed E-state index contributed by atoms with van der Waals surface area (Å²) >= 11 is 12.1. The molecule has 0 fully saturated rings. The first kappa shape index (κ1) is 14.4. The lowest BCUT2D eigenvalue weighted by molar-refractivity contribution is 0.613. The summed E-state index contributed by atoms with van der Waals surface area (Å²) in [6.45, 7) is 4.26. The molecule has 2 aromatic rings. The first-order valence-electron chi connectivity index (χ1n) is 6.18. The maximum absolute atomic E-state index is 13.9. The summed E-state index contributed by atoms with van der Waals surface area (Å²) in [6, 6.07) is 12.8. The monoisotopic (exact) mass is 296 g/mol. The van der Waals surface area contributed by atoms with Crippen molar-refractivity contribution in [1.29, 1.82) is 0 Å². The van der Waals surface area contributed by atoms with Crippen molar-refractivity contribution in [2.45, 2.75) is 25.1 Å². The molecule has 2 rings (SSSR count). The molecule has 0 spiro atoms. The van der Waals surface area contributed by atoms with Crippen LogP contribution in [-0.2, 0) is 0 Å². The number of alkyl halides is 1. The van der Waals surface area contributed by atoms with Gasteiger partial charge in [0.15, 0.2) is 0 Å². The molecule has 100 valence electrons. The Morgan fingerprint density at radius 3 is 2.11 bits per heavy atom. The maximum Gasteiger partial charge on any atom is 0.146 e. The Labute approximate surface area is 123 Å². The van der Waals surface area contributed by atoms with Crippen molar-refractivity contribution in [3.8, 4) is 0 Å². The van der Waals surface area contributed by atoms with Crippen LogP contribution >= 0.6 is 23.2 Å². The SMILES string of the molecule is CC(C)c1ccc(C(Cl)c2cccc(Cl)c2F)cc1. The molecule has 0 radical (unpaired) electrons. The van der Waals surface area contributed by atoms with E-state index in [1.165, 1.54) is 11.6 Å². The summed E-state index contributed by atoms with van der Waals surface area (Å²) in [5.41, 5.74) is 2.51. The molecule has 0 heterocycles. The molecule has 0 saturated carbocycles. The zero-order valence-electron chi connectivity index (χ0n) is 10.8. The van der Waals surface area contributed by atoms with Gasteiger partial charge < -0.3 is 0 Å². The molecule has 0 N–H and O–H groups in total. The van der Waals surface area contributed by atoms with Gasteiger partial charge in [0.05, 0.1) is 10.4 Å². The standard InChI is InChI=1S/C16H15Cl2F/c1-10(2)11-6-8-12(9-7-11)15(18)13-4-3-5-14(17)16(13)19/h3-10,15H,1-2H3. The van der Waals surface area contributed by atoms with Crippen molar-refractivity contribution in [1.82, 2.24) is 0 Å². The highest BCUT2D eigenvalue weighted by atomic mass is 35.5. The summed E-state index contributed by atoms with van der Waals surface area (Å²) in [6.07, 6.45) is 0. The van der Waals surface area contributed by atoms with Crippen LogP contribution in [0.4, 0.5) is 4.39 Å². The van der Waals surface area contributed by atoms with E-state index in [9.17, 15) is 4.39 Å². The molecule has 3 heteroatoms. The Morgan fingerprint density at radius 1 is 0.947 bits per heavy atom. The number of hydrogen-bond donors (Lipinski definition) is 0. The van der Waals surface area contributed by atoms with E-state index in [0.29, 0.717) is 11.5 Å². The molecule has 0 aliphatic heterocycles. The number of benzene rings is 2. The van der Waals surface area contributed by atoms with Crippen molar-refractivity contribution in [3.63, 3.8) is 0 Å². The average molecular weight is 297 g/mol. The minimum atomic E-state index is -0.528. The summed E-state index contributed by atoms with van der Waals surface area (Å²) in [4.78, 5) is 0. The molecule has 0 aromatic heterocycles. The molecular formula is C16H15Cl2F. The summed E-state index contributed by atoms with van der Waals surface area (Å²) < 4.78 is 13.9. The zero-order valence-corrected chi connectivity index (χ0v) is 12.3. The Balaban J connectivity index is 2.33. The highest BCUT2D eigenvalue weighted by molar-refractivity contribution is 6.31. The van der Waals surface area contributed by atoms with Crippen molar-refractivity contribution in [2.75, 3.05) is 0 Å². The van der Waals surface area contributed by atoms with E-state index in [4.69, 9.17) is 23.2 Å². The normalized spacial score (nSPS) is 12.7. The van der Waals surface area contributed by atoms with Crippen LogP contribution in [-0.4, -0.2) is 0 Å². The first-order chi connectivity index (χ1) is 9.00. The molecule has 1 atom stereocenters. The van der Waals surface area contributed by atoms with Crippen LogP contribution in [0.3, 0.4) is 0 Å². The fraction of sp³-hybridized carbons (Fsp3) is 0.250. The molecule has 0 aliphatic carbocycles. The quantitative estimate of drug-likeness (QED) is 0.616. The van der Waals surface area contributed by atoms with Gasteiger partial charge in [-0.1, -0.05) is 61.8 Å². The highest BCUT2D eigenvalue weighted by Gasteiger charge is 2.17. The van der Waals surface area contributed by atoms with E-state index in [0.717, 1.165) is 5.56 Å². The fourth-order valence-corrected chi connectivity index (χ4v) is 2.44. The van der Waals surface area contributed by atoms with Crippen molar-refractivity contribution in [3.05, 3.63) is 70.0 Å². The minimum Gasteiger partial charge on any atom is -0.205 e. The van der Waals surface area contributed by atoms with Gasteiger partial charge in [0.1, 0.15) is 5.82 Å². The van der Waals surface area contributed by atoms with Crippen LogP contribution in [0.15, 0.2) is 42.5 Å². The lowest BCUT2D eigenvalue weighted by atomic mass is 9.98. The molecular weight excluding hydrogens is 282 g/mol. The number of halogens is 3. The second kappa shape index (κ2) is 5.94. The minimum absolute atomic E-state index is 0.0990. The van der Waals surface area contributed by atoms with Gasteiger partial charge in [-0.15, -0.1) is 11.6 Å². The van der Waals surface area contributed by atoms with Crippen LogP contribution in [0.1, 0.15) is 41.8 Å². The predicted octanol–water partition coefficient (Wildman–Crippen LogP) is 5.93. The molecule has 1 unspecified atom stereocenters. The van der Waals surface area contributed by atoms with Crippen molar-refractivity contribution in [2.24, 2.45) is 0 Å². The van der Waals surface area contributed by atoms with E-state index >= 15 is 0 Å². The van der Waals surface area contributed by atoms with Gasteiger partial charge in [-0.25, -0.2) is 4.39 Å². The van der Waals surface area contributed by atoms with E-state index < -0.39 is 11.2 Å². The van der Waals surface area contributed by atoms with E-state index in [1.54, 1.807) is 12.1 Å². The Kier molecular flexibility index (Phi) is 4.49. The first-order valence-corrected chi connectivity index (χ1v) is 7.00. The van der Waals surface area contributed by atoms with Crippen LogP contribution in [0.25, 0.3) is 0 Å². The highest BCUT2D eigenvalue weighted by Crippen LogP contribution is 2.33. The van der Waals surface area contributed by atoms with Gasteiger partial charge in [0.25, 0.3) is 0 Å². The van der Waals surface area contributed by atoms with Crippen molar-refractivity contribution >= 4 is 23.2 Å². The molecule has 0 nitrogen and oxygen atoms in total. The summed E-state index contributed by atoms with van der Waals surface area (Å²) in [7, 11) is 0. The molecule has 0 bridgehead atoms. The molecule has 0 saturated heterocycles. The Bertz CT molecular complexity index is 561. The summed E-state index contributed by atoms with van der Waals surface area (Å²) in [5.74, 6) is 0.0165. The van der Waals surface area contributed by atoms with Crippen LogP contribution in [0.5, 0.6) is 0 Å². The fourth-order valence-electron chi connectivity index (χ4n) is 1.95. The van der Waals surface area contributed by atoms with Gasteiger partial charge in [0.2, 0.25) is 0 Å². The molecule has 0 aliphatic rings. The third kappa shape index (κ3) is 3.10. The maximum atomic E-state index is 13.9. The van der Waals surface area contributed by atoms with Gasteiger partial charge in [-0.05, 0) is 23.1 Å². The molecule has 19 heavy (non-hydrogen) atoms. The van der Waals surface area contributed by atoms with Crippen LogP contribution in [0, 0.1) is 5.82 Å². The smallest absolute Gasteiger partial charge is 0.146 e. The van der Waals surface area contributed by atoms with Crippen LogP contribution in [0.2, 0.25) is 5.02 Å². The zero-order chi connectivity index (χ0) is 14.0.